The molecule has 0 aromatic rings. The highest BCUT2D eigenvalue weighted by molar-refractivity contribution is 4.96. The first-order chi connectivity index (χ1) is 5.87. The predicted octanol–water partition coefficient (Wildman–Crippen LogP) is 1.61. The molecule has 0 radical (unpaired) electrons. The highest BCUT2D eigenvalue weighted by Crippen LogP contribution is 2.50. The van der Waals surface area contributed by atoms with Crippen LogP contribution in [0.5, 0.6) is 0 Å². The fraction of sp³-hybridized carbons (Fsp3) is 1.00. The molecule has 78 valence electrons. The summed E-state index contributed by atoms with van der Waals surface area (Å²) in [7, 11) is 0. The third kappa shape index (κ3) is 3.28. The molecule has 13 heavy (non-hydrogen) atoms. The summed E-state index contributed by atoms with van der Waals surface area (Å²) in [5.74, 6) is 0.890. The molecule has 0 amide bonds. The number of nitrogens with one attached hydrogen (secondary N) is 1. The van der Waals surface area contributed by atoms with Crippen LogP contribution in [0.1, 0.15) is 34.1 Å². The second kappa shape index (κ2) is 3.58. The summed E-state index contributed by atoms with van der Waals surface area (Å²) in [6.45, 7) is 12.1. The largest absolute Gasteiger partial charge is 0.330 e. The molecule has 0 aromatic heterocycles. The van der Waals surface area contributed by atoms with E-state index in [1.165, 1.54) is 6.42 Å². The molecule has 0 saturated heterocycles. The summed E-state index contributed by atoms with van der Waals surface area (Å²) in [5.41, 5.74) is 6.50. The van der Waals surface area contributed by atoms with Gasteiger partial charge in [0, 0.05) is 6.54 Å². The topological polar surface area (TPSA) is 38.0 Å². The zero-order chi connectivity index (χ0) is 10.1. The summed E-state index contributed by atoms with van der Waals surface area (Å²) < 4.78 is 0. The van der Waals surface area contributed by atoms with Gasteiger partial charge >= 0.3 is 0 Å². The molecule has 0 aliphatic heterocycles. The van der Waals surface area contributed by atoms with Crippen LogP contribution in [0, 0.1) is 16.7 Å². The molecule has 1 rings (SSSR count). The zero-order valence-corrected chi connectivity index (χ0v) is 9.48. The molecule has 1 fully saturated rings. The molecular weight excluding hydrogens is 160 g/mol. The van der Waals surface area contributed by atoms with Crippen molar-refractivity contribution >= 4 is 0 Å². The fourth-order valence-corrected chi connectivity index (χ4v) is 1.58. The van der Waals surface area contributed by atoms with Gasteiger partial charge in [0.15, 0.2) is 0 Å². The number of hydrogen-bond acceptors (Lipinski definition) is 2. The van der Waals surface area contributed by atoms with Gasteiger partial charge in [0.1, 0.15) is 0 Å². The van der Waals surface area contributed by atoms with Crippen LogP contribution in [-0.2, 0) is 0 Å². The number of rotatable bonds is 5. The Morgan fingerprint density at radius 2 is 2.00 bits per heavy atom. The highest BCUT2D eigenvalue weighted by atomic mass is 14.9. The second-order valence-electron chi connectivity index (χ2n) is 5.89. The summed E-state index contributed by atoms with van der Waals surface area (Å²) >= 11 is 0. The second-order valence-corrected chi connectivity index (χ2v) is 5.89. The molecule has 1 atom stereocenters. The summed E-state index contributed by atoms with van der Waals surface area (Å²) in [5, 5.41) is 3.51. The Morgan fingerprint density at radius 3 is 2.38 bits per heavy atom. The minimum atomic E-state index is 0.249. The quantitative estimate of drug-likeness (QED) is 0.681. The average molecular weight is 184 g/mol. The van der Waals surface area contributed by atoms with Crippen LogP contribution >= 0.6 is 0 Å². The van der Waals surface area contributed by atoms with Crippen molar-refractivity contribution < 1.29 is 0 Å². The normalized spacial score (nSPS) is 26.1. The number of nitrogens with two attached hydrogens (primary N) is 1. The van der Waals surface area contributed by atoms with Crippen LogP contribution in [-0.4, -0.2) is 19.6 Å². The van der Waals surface area contributed by atoms with Gasteiger partial charge < -0.3 is 11.1 Å². The van der Waals surface area contributed by atoms with Gasteiger partial charge in [0.05, 0.1) is 0 Å². The molecule has 0 bridgehead atoms. The van der Waals surface area contributed by atoms with Gasteiger partial charge in [-0.2, -0.15) is 0 Å². The van der Waals surface area contributed by atoms with E-state index in [0.717, 1.165) is 25.6 Å². The molecule has 0 aromatic carbocycles. The van der Waals surface area contributed by atoms with Gasteiger partial charge in [-0.1, -0.05) is 27.7 Å². The predicted molar refractivity (Wildman–Crippen MR) is 57.6 cm³/mol. The van der Waals surface area contributed by atoms with E-state index in [2.05, 4.69) is 33.0 Å². The number of hydrogen-bond donors (Lipinski definition) is 2. The summed E-state index contributed by atoms with van der Waals surface area (Å²) in [6.07, 6.45) is 1.38. The molecule has 2 nitrogen and oxygen atoms in total. The Labute approximate surface area is 82.3 Å². The lowest BCUT2D eigenvalue weighted by molar-refractivity contribution is 0.344. The average Bonchev–Trinajstić information content (AvgIpc) is 2.59. The van der Waals surface area contributed by atoms with Gasteiger partial charge in [-0.3, -0.25) is 0 Å². The van der Waals surface area contributed by atoms with Crippen LogP contribution < -0.4 is 11.1 Å². The molecular formula is C11H24N2. The van der Waals surface area contributed by atoms with Crippen molar-refractivity contribution in [1.29, 1.82) is 0 Å². The smallest absolute Gasteiger partial charge is 0.00147 e. The van der Waals surface area contributed by atoms with E-state index in [-0.39, 0.29) is 5.41 Å². The molecule has 1 saturated carbocycles. The highest BCUT2D eigenvalue weighted by Gasteiger charge is 2.44. The van der Waals surface area contributed by atoms with E-state index < -0.39 is 0 Å². The molecule has 1 aliphatic rings. The van der Waals surface area contributed by atoms with Crippen LogP contribution in [0.15, 0.2) is 0 Å². The van der Waals surface area contributed by atoms with Gasteiger partial charge in [-0.05, 0) is 36.3 Å². The first kappa shape index (κ1) is 11.0. The maximum absolute atomic E-state index is 5.65. The van der Waals surface area contributed by atoms with Gasteiger partial charge in [0.2, 0.25) is 0 Å². The Bertz CT molecular complexity index is 173. The van der Waals surface area contributed by atoms with Gasteiger partial charge in [0.25, 0.3) is 0 Å². The van der Waals surface area contributed by atoms with E-state index in [9.17, 15) is 0 Å². The van der Waals surface area contributed by atoms with Crippen molar-refractivity contribution in [2.75, 3.05) is 19.6 Å². The van der Waals surface area contributed by atoms with Crippen molar-refractivity contribution in [1.82, 2.24) is 5.32 Å². The molecule has 3 N–H and O–H groups in total. The minimum Gasteiger partial charge on any atom is -0.330 e. The van der Waals surface area contributed by atoms with Crippen molar-refractivity contribution in [3.63, 3.8) is 0 Å². The maximum atomic E-state index is 5.65. The van der Waals surface area contributed by atoms with Crippen molar-refractivity contribution in [3.8, 4) is 0 Å². The first-order valence-electron chi connectivity index (χ1n) is 5.28. The monoisotopic (exact) mass is 184 g/mol. The third-order valence-corrected chi connectivity index (χ3v) is 3.26. The van der Waals surface area contributed by atoms with Gasteiger partial charge in [-0.25, -0.2) is 0 Å². The van der Waals surface area contributed by atoms with Crippen LogP contribution in [0.3, 0.4) is 0 Å². The zero-order valence-electron chi connectivity index (χ0n) is 9.48. The standard InChI is InChI=1S/C11H24N2/c1-10(2,7-12)8-13-6-9-5-11(9,3)4/h9,13H,5-8,12H2,1-4H3. The molecule has 0 spiro atoms. The lowest BCUT2D eigenvalue weighted by atomic mass is 9.94. The van der Waals surface area contributed by atoms with E-state index in [0.29, 0.717) is 5.41 Å². The van der Waals surface area contributed by atoms with Crippen molar-refractivity contribution in [2.24, 2.45) is 22.5 Å². The summed E-state index contributed by atoms with van der Waals surface area (Å²) in [4.78, 5) is 0. The Kier molecular flexibility index (Phi) is 3.03. The van der Waals surface area contributed by atoms with E-state index >= 15 is 0 Å². The van der Waals surface area contributed by atoms with Crippen LogP contribution in [0.4, 0.5) is 0 Å². The van der Waals surface area contributed by atoms with Gasteiger partial charge in [-0.15, -0.1) is 0 Å². The third-order valence-electron chi connectivity index (χ3n) is 3.26. The Balaban J connectivity index is 2.09. The summed E-state index contributed by atoms with van der Waals surface area (Å²) in [6, 6.07) is 0. The fourth-order valence-electron chi connectivity index (χ4n) is 1.58. The molecule has 1 unspecified atom stereocenters. The Morgan fingerprint density at radius 1 is 1.46 bits per heavy atom. The lowest BCUT2D eigenvalue weighted by Gasteiger charge is -2.22. The Hall–Kier alpha value is -0.0800. The van der Waals surface area contributed by atoms with E-state index in [1.54, 1.807) is 0 Å². The van der Waals surface area contributed by atoms with E-state index in [4.69, 9.17) is 5.73 Å². The van der Waals surface area contributed by atoms with Crippen LogP contribution in [0.2, 0.25) is 0 Å². The molecule has 0 heterocycles. The molecule has 2 heteroatoms. The van der Waals surface area contributed by atoms with E-state index in [1.807, 2.05) is 0 Å². The minimum absolute atomic E-state index is 0.249. The first-order valence-corrected chi connectivity index (χ1v) is 5.28. The SMILES string of the molecule is CC(C)(CN)CNCC1CC1(C)C. The van der Waals surface area contributed by atoms with Crippen LogP contribution in [0.25, 0.3) is 0 Å². The van der Waals surface area contributed by atoms with Crippen molar-refractivity contribution in [3.05, 3.63) is 0 Å². The maximum Gasteiger partial charge on any atom is 0.00147 e. The molecule has 1 aliphatic carbocycles. The lowest BCUT2D eigenvalue weighted by Crippen LogP contribution is -2.36. The van der Waals surface area contributed by atoms with Crippen molar-refractivity contribution in [2.45, 2.75) is 34.1 Å².